The van der Waals surface area contributed by atoms with Crippen LogP contribution in [-0.4, -0.2) is 37.9 Å². The predicted molar refractivity (Wildman–Crippen MR) is 93.4 cm³/mol. The van der Waals surface area contributed by atoms with Gasteiger partial charge < -0.3 is 16.2 Å². The highest BCUT2D eigenvalue weighted by Crippen LogP contribution is 2.32. The summed E-state index contributed by atoms with van der Waals surface area (Å²) in [5, 5.41) is 19.7. The molecule has 0 aliphatic rings. The number of nitrogens with two attached hydrogens (primary N) is 1. The van der Waals surface area contributed by atoms with Crippen LogP contribution in [0.2, 0.25) is 0 Å². The van der Waals surface area contributed by atoms with E-state index in [1.807, 2.05) is 6.92 Å². The van der Waals surface area contributed by atoms with Crippen molar-refractivity contribution in [2.24, 2.45) is 5.73 Å². The Labute approximate surface area is 144 Å². The summed E-state index contributed by atoms with van der Waals surface area (Å²) in [7, 11) is 0. The Hall–Kier alpha value is -3.00. The number of phenolic OH excluding ortho intramolecular Hbond substituents is 1. The summed E-state index contributed by atoms with van der Waals surface area (Å²) >= 11 is 0. The second kappa shape index (κ2) is 7.27. The molecule has 3 aromatic rings. The first kappa shape index (κ1) is 16.8. The third kappa shape index (κ3) is 3.74. The maximum Gasteiger partial charge on any atom is 0.183 e. The van der Waals surface area contributed by atoms with E-state index in [1.165, 1.54) is 0 Å². The second-order valence-electron chi connectivity index (χ2n) is 5.66. The Morgan fingerprint density at radius 2 is 2.16 bits per heavy atom. The number of halogens is 1. The maximum atomic E-state index is 13.9. The third-order valence-corrected chi connectivity index (χ3v) is 3.87. The zero-order chi connectivity index (χ0) is 17.8. The van der Waals surface area contributed by atoms with Gasteiger partial charge in [0, 0.05) is 24.3 Å². The summed E-state index contributed by atoms with van der Waals surface area (Å²) in [6, 6.07) is 4.93. The average Bonchev–Trinajstić information content (AvgIpc) is 3.16. The number of nitrogens with zero attached hydrogens (tertiary/aromatic N) is 3. The van der Waals surface area contributed by atoms with E-state index < -0.39 is 5.82 Å². The minimum absolute atomic E-state index is 0.00932. The molecule has 1 aromatic carbocycles. The van der Waals surface area contributed by atoms with Crippen molar-refractivity contribution in [3.63, 3.8) is 0 Å². The normalized spacial score (nSPS) is 12.1. The van der Waals surface area contributed by atoms with Gasteiger partial charge in [0.1, 0.15) is 5.75 Å². The number of hydrogen-bond donors (Lipinski definition) is 4. The Kier molecular flexibility index (Phi) is 4.90. The van der Waals surface area contributed by atoms with E-state index >= 15 is 0 Å². The highest BCUT2D eigenvalue weighted by molar-refractivity contribution is 5.74. The van der Waals surface area contributed by atoms with Gasteiger partial charge in [-0.05, 0) is 24.1 Å². The smallest absolute Gasteiger partial charge is 0.183 e. The van der Waals surface area contributed by atoms with Gasteiger partial charge in [-0.3, -0.25) is 5.10 Å². The lowest BCUT2D eigenvalue weighted by atomic mass is 10.0. The summed E-state index contributed by atoms with van der Waals surface area (Å²) in [4.78, 5) is 8.19. The molecule has 2 aromatic heterocycles. The monoisotopic (exact) mass is 342 g/mol. The number of H-pyrrole nitrogens is 1. The molecular weight excluding hydrogens is 323 g/mol. The summed E-state index contributed by atoms with van der Waals surface area (Å²) < 4.78 is 13.9. The standard InChI is InChI=1S/C17H19FN6O/c1-2-12(19)8-20-17-14(18)9-21-16(24-17)13-5-10(3-4-15(13)25)11-6-22-23-7-11/h3-7,9,12,25H,2,8,19H2,1H3,(H,22,23)(H,20,21,24). The third-order valence-electron chi connectivity index (χ3n) is 3.87. The van der Waals surface area contributed by atoms with E-state index in [-0.39, 0.29) is 23.4 Å². The van der Waals surface area contributed by atoms with Crippen molar-refractivity contribution < 1.29 is 9.50 Å². The molecular formula is C17H19FN6O. The quantitative estimate of drug-likeness (QED) is 0.547. The molecule has 0 saturated carbocycles. The molecule has 5 N–H and O–H groups in total. The van der Waals surface area contributed by atoms with Crippen LogP contribution in [0, 0.1) is 5.82 Å². The van der Waals surface area contributed by atoms with Crippen molar-refractivity contribution >= 4 is 5.82 Å². The second-order valence-corrected chi connectivity index (χ2v) is 5.66. The summed E-state index contributed by atoms with van der Waals surface area (Å²) in [5.41, 5.74) is 7.93. The van der Waals surface area contributed by atoms with Crippen LogP contribution in [0.15, 0.2) is 36.8 Å². The molecule has 0 radical (unpaired) electrons. The van der Waals surface area contributed by atoms with Crippen LogP contribution >= 0.6 is 0 Å². The van der Waals surface area contributed by atoms with Crippen LogP contribution in [0.3, 0.4) is 0 Å². The van der Waals surface area contributed by atoms with Gasteiger partial charge in [-0.25, -0.2) is 14.4 Å². The molecule has 1 atom stereocenters. The first-order valence-corrected chi connectivity index (χ1v) is 7.93. The lowest BCUT2D eigenvalue weighted by Gasteiger charge is -2.12. The molecule has 25 heavy (non-hydrogen) atoms. The summed E-state index contributed by atoms with van der Waals surface area (Å²) in [5.74, 6) is -0.286. The summed E-state index contributed by atoms with van der Waals surface area (Å²) in [6.07, 6.45) is 5.24. The van der Waals surface area contributed by atoms with E-state index in [1.54, 1.807) is 30.6 Å². The Balaban J connectivity index is 1.95. The first-order chi connectivity index (χ1) is 12.1. The minimum Gasteiger partial charge on any atom is -0.507 e. The molecule has 0 spiro atoms. The molecule has 0 fully saturated rings. The summed E-state index contributed by atoms with van der Waals surface area (Å²) in [6.45, 7) is 2.35. The number of aromatic hydroxyl groups is 1. The fourth-order valence-corrected chi connectivity index (χ4v) is 2.30. The molecule has 0 aliphatic carbocycles. The number of benzene rings is 1. The molecule has 7 nitrogen and oxygen atoms in total. The van der Waals surface area contributed by atoms with Crippen molar-refractivity contribution in [2.75, 3.05) is 11.9 Å². The predicted octanol–water partition coefficient (Wildman–Crippen LogP) is 2.53. The molecule has 1 unspecified atom stereocenters. The fraction of sp³-hybridized carbons (Fsp3) is 0.235. The van der Waals surface area contributed by atoms with Crippen molar-refractivity contribution in [3.8, 4) is 28.3 Å². The highest BCUT2D eigenvalue weighted by Gasteiger charge is 2.14. The van der Waals surface area contributed by atoms with E-state index in [0.29, 0.717) is 12.1 Å². The van der Waals surface area contributed by atoms with Gasteiger partial charge in [-0.15, -0.1) is 0 Å². The molecule has 130 valence electrons. The van der Waals surface area contributed by atoms with Gasteiger partial charge in [0.05, 0.1) is 18.0 Å². The molecule has 0 amide bonds. The van der Waals surface area contributed by atoms with Crippen molar-refractivity contribution in [3.05, 3.63) is 42.6 Å². The Morgan fingerprint density at radius 1 is 1.32 bits per heavy atom. The van der Waals surface area contributed by atoms with Gasteiger partial charge >= 0.3 is 0 Å². The fourth-order valence-electron chi connectivity index (χ4n) is 2.30. The molecule has 0 saturated heterocycles. The first-order valence-electron chi connectivity index (χ1n) is 7.93. The SMILES string of the molecule is CCC(N)CNc1nc(-c2cc(-c3cn[nH]c3)ccc2O)ncc1F. The maximum absolute atomic E-state index is 13.9. The van der Waals surface area contributed by atoms with Crippen molar-refractivity contribution in [1.29, 1.82) is 0 Å². The molecule has 8 heteroatoms. The van der Waals surface area contributed by atoms with Gasteiger partial charge in [0.15, 0.2) is 17.5 Å². The van der Waals surface area contributed by atoms with E-state index in [0.717, 1.165) is 23.7 Å². The highest BCUT2D eigenvalue weighted by atomic mass is 19.1. The number of phenols is 1. The lowest BCUT2D eigenvalue weighted by molar-refractivity contribution is 0.477. The number of aromatic amines is 1. The van der Waals surface area contributed by atoms with Crippen LogP contribution in [0.1, 0.15) is 13.3 Å². The van der Waals surface area contributed by atoms with Crippen LogP contribution in [0.5, 0.6) is 5.75 Å². The Morgan fingerprint density at radius 3 is 2.88 bits per heavy atom. The number of anilines is 1. The Bertz CT molecular complexity index is 852. The zero-order valence-corrected chi connectivity index (χ0v) is 13.7. The van der Waals surface area contributed by atoms with E-state index in [9.17, 15) is 9.50 Å². The van der Waals surface area contributed by atoms with E-state index in [2.05, 4.69) is 25.5 Å². The number of rotatable bonds is 6. The van der Waals surface area contributed by atoms with Crippen molar-refractivity contribution in [1.82, 2.24) is 20.2 Å². The van der Waals surface area contributed by atoms with Gasteiger partial charge in [-0.2, -0.15) is 5.10 Å². The molecule has 3 rings (SSSR count). The van der Waals surface area contributed by atoms with Gasteiger partial charge in [0.25, 0.3) is 0 Å². The minimum atomic E-state index is -0.572. The van der Waals surface area contributed by atoms with Crippen LogP contribution in [0.25, 0.3) is 22.5 Å². The topological polar surface area (TPSA) is 113 Å². The number of hydrogen-bond acceptors (Lipinski definition) is 6. The van der Waals surface area contributed by atoms with Crippen molar-refractivity contribution in [2.45, 2.75) is 19.4 Å². The molecule has 0 bridgehead atoms. The lowest BCUT2D eigenvalue weighted by Crippen LogP contribution is -2.28. The van der Waals surface area contributed by atoms with E-state index in [4.69, 9.17) is 5.73 Å². The largest absolute Gasteiger partial charge is 0.507 e. The molecule has 2 heterocycles. The van der Waals surface area contributed by atoms with Gasteiger partial charge in [-0.1, -0.05) is 13.0 Å². The molecule has 0 aliphatic heterocycles. The zero-order valence-electron chi connectivity index (χ0n) is 13.7. The number of aromatic nitrogens is 4. The number of nitrogens with one attached hydrogen (secondary N) is 2. The van der Waals surface area contributed by atoms with Gasteiger partial charge in [0.2, 0.25) is 0 Å². The van der Waals surface area contributed by atoms with Crippen LogP contribution in [0.4, 0.5) is 10.2 Å². The average molecular weight is 342 g/mol. The van der Waals surface area contributed by atoms with Crippen LogP contribution in [-0.2, 0) is 0 Å². The van der Waals surface area contributed by atoms with Crippen LogP contribution < -0.4 is 11.1 Å².